The van der Waals surface area contributed by atoms with E-state index >= 15 is 0 Å². The lowest BCUT2D eigenvalue weighted by Gasteiger charge is -2.34. The quantitative estimate of drug-likeness (QED) is 0.228. The first-order chi connectivity index (χ1) is 20.9. The van der Waals surface area contributed by atoms with Gasteiger partial charge in [-0.25, -0.2) is 28.2 Å². The largest absolute Gasteiger partial charge is 0.444 e. The second-order valence-corrected chi connectivity index (χ2v) is 13.2. The van der Waals surface area contributed by atoms with Crippen molar-refractivity contribution < 1.29 is 22.7 Å². The van der Waals surface area contributed by atoms with Crippen LogP contribution in [0.4, 0.5) is 16.4 Å². The number of piperidine rings is 1. The number of rotatable bonds is 8. The topological polar surface area (TPSA) is 136 Å². The van der Waals surface area contributed by atoms with Crippen molar-refractivity contribution >= 4 is 38.5 Å². The van der Waals surface area contributed by atoms with E-state index < -0.39 is 15.6 Å². The molecule has 44 heavy (non-hydrogen) atoms. The van der Waals surface area contributed by atoms with Crippen molar-refractivity contribution in [2.24, 2.45) is 0 Å². The zero-order valence-electron chi connectivity index (χ0n) is 25.2. The molecule has 0 bridgehead atoms. The molecule has 1 fully saturated rings. The summed E-state index contributed by atoms with van der Waals surface area (Å²) in [5.41, 5.74) is 1.94. The van der Waals surface area contributed by atoms with Gasteiger partial charge in [0.05, 0.1) is 16.9 Å². The summed E-state index contributed by atoms with van der Waals surface area (Å²) in [4.78, 5) is 28.0. The van der Waals surface area contributed by atoms with Crippen LogP contribution in [0, 0.1) is 6.92 Å². The molecule has 3 heterocycles. The molecule has 4 aromatic rings. The molecule has 0 spiro atoms. The number of hydrogen-bond acceptors (Lipinski definition) is 9. The minimum atomic E-state index is -3.70. The summed E-state index contributed by atoms with van der Waals surface area (Å²) in [5, 5.41) is 5.62. The normalized spacial score (nSPS) is 15.5. The number of carbonyl (C=O) groups is 1. The zero-order chi connectivity index (χ0) is 31.5. The van der Waals surface area contributed by atoms with Crippen molar-refractivity contribution in [3.8, 4) is 22.9 Å². The van der Waals surface area contributed by atoms with Gasteiger partial charge in [0.15, 0.2) is 0 Å². The van der Waals surface area contributed by atoms with Gasteiger partial charge >= 0.3 is 6.09 Å². The van der Waals surface area contributed by atoms with E-state index in [4.69, 9.17) is 14.5 Å². The van der Waals surface area contributed by atoms with E-state index in [1.807, 2.05) is 52.0 Å². The molecule has 12 heteroatoms. The van der Waals surface area contributed by atoms with Crippen LogP contribution in [0.5, 0.6) is 11.6 Å². The molecule has 0 radical (unpaired) electrons. The summed E-state index contributed by atoms with van der Waals surface area (Å²) in [7, 11) is -3.70. The number of pyridine rings is 1. The number of amides is 1. The van der Waals surface area contributed by atoms with E-state index in [1.165, 1.54) is 0 Å². The van der Waals surface area contributed by atoms with Crippen molar-refractivity contribution in [2.75, 3.05) is 23.1 Å². The molecular formula is C32H36N6O5S. The second kappa shape index (κ2) is 12.5. The maximum absolute atomic E-state index is 12.6. The van der Waals surface area contributed by atoms with E-state index in [2.05, 4.69) is 26.6 Å². The van der Waals surface area contributed by atoms with Gasteiger partial charge in [-0.2, -0.15) is 0 Å². The summed E-state index contributed by atoms with van der Waals surface area (Å²) in [6.45, 7) is 12.0. The van der Waals surface area contributed by atoms with E-state index in [-0.39, 0.29) is 12.1 Å². The van der Waals surface area contributed by atoms with Crippen LogP contribution in [0.15, 0.2) is 72.9 Å². The van der Waals surface area contributed by atoms with E-state index in [1.54, 1.807) is 41.6 Å². The maximum atomic E-state index is 12.6. The number of benzene rings is 2. The third-order valence-corrected chi connectivity index (χ3v) is 7.93. The number of fused-ring (bicyclic) bond motifs is 1. The van der Waals surface area contributed by atoms with E-state index in [0.29, 0.717) is 58.4 Å². The molecule has 11 nitrogen and oxygen atoms in total. The second-order valence-electron chi connectivity index (χ2n) is 11.6. The smallest absolute Gasteiger partial charge is 0.410 e. The Morgan fingerprint density at radius 1 is 1.07 bits per heavy atom. The standard InChI is InChI=1S/C32H36N6O5S/c1-6-44(40,41)37-27-13-7-11-24-23(27)15-14-21(2)28(24)42-29-25(12-8-17-33-29)26-16-18-34-30(36-26)35-22-10-9-19-38(20-22)31(39)43-32(3,4)5/h6-8,11-18,22,37H,1,9-10,19-20H2,2-5H3,(H,34,35,36). The molecule has 1 aliphatic heterocycles. The van der Waals surface area contributed by atoms with Crippen molar-refractivity contribution in [3.05, 3.63) is 78.5 Å². The number of hydrogen-bond donors (Lipinski definition) is 2. The Kier molecular flexibility index (Phi) is 8.73. The van der Waals surface area contributed by atoms with Crippen LogP contribution in [0.25, 0.3) is 22.0 Å². The highest BCUT2D eigenvalue weighted by molar-refractivity contribution is 7.95. The lowest BCUT2D eigenvalue weighted by Crippen LogP contribution is -2.47. The Labute approximate surface area is 257 Å². The van der Waals surface area contributed by atoms with Crippen molar-refractivity contribution in [3.63, 3.8) is 0 Å². The minimum Gasteiger partial charge on any atom is -0.444 e. The highest BCUT2D eigenvalue weighted by atomic mass is 32.2. The summed E-state index contributed by atoms with van der Waals surface area (Å²) < 4.78 is 38.9. The number of nitrogens with zero attached hydrogens (tertiary/aromatic N) is 4. The van der Waals surface area contributed by atoms with Crippen LogP contribution in [0.3, 0.4) is 0 Å². The van der Waals surface area contributed by atoms with Gasteiger partial charge in [-0.15, -0.1) is 0 Å². The Morgan fingerprint density at radius 2 is 1.89 bits per heavy atom. The molecule has 2 N–H and O–H groups in total. The van der Waals surface area contributed by atoms with Gasteiger partial charge in [0.1, 0.15) is 11.4 Å². The van der Waals surface area contributed by atoms with Gasteiger partial charge in [-0.3, -0.25) is 4.72 Å². The first-order valence-electron chi connectivity index (χ1n) is 14.3. The predicted octanol–water partition coefficient (Wildman–Crippen LogP) is 6.49. The van der Waals surface area contributed by atoms with Crippen LogP contribution >= 0.6 is 0 Å². The summed E-state index contributed by atoms with van der Waals surface area (Å²) in [6.07, 6.45) is 4.66. The van der Waals surface area contributed by atoms with Gasteiger partial charge in [-0.1, -0.05) is 30.8 Å². The van der Waals surface area contributed by atoms with Crippen LogP contribution in [0.2, 0.25) is 0 Å². The monoisotopic (exact) mass is 616 g/mol. The number of carbonyl (C=O) groups excluding carboxylic acids is 1. The average molecular weight is 617 g/mol. The lowest BCUT2D eigenvalue weighted by atomic mass is 10.0. The molecule has 1 saturated heterocycles. The molecule has 1 atom stereocenters. The molecule has 0 aliphatic carbocycles. The number of aryl methyl sites for hydroxylation is 1. The maximum Gasteiger partial charge on any atom is 0.410 e. The van der Waals surface area contributed by atoms with Gasteiger partial charge in [-0.05, 0) is 70.4 Å². The van der Waals surface area contributed by atoms with Crippen molar-refractivity contribution in [2.45, 2.75) is 52.2 Å². The fraction of sp³-hybridized carbons (Fsp3) is 0.312. The van der Waals surface area contributed by atoms with Crippen LogP contribution in [-0.2, 0) is 14.8 Å². The van der Waals surface area contributed by atoms with E-state index in [0.717, 1.165) is 23.8 Å². The first-order valence-corrected chi connectivity index (χ1v) is 15.9. The summed E-state index contributed by atoms with van der Waals surface area (Å²) in [6, 6.07) is 14.4. The number of nitrogens with one attached hydrogen (secondary N) is 2. The molecular weight excluding hydrogens is 580 g/mol. The highest BCUT2D eigenvalue weighted by Gasteiger charge is 2.28. The lowest BCUT2D eigenvalue weighted by molar-refractivity contribution is 0.0206. The summed E-state index contributed by atoms with van der Waals surface area (Å²) >= 11 is 0. The molecule has 1 unspecified atom stereocenters. The number of sulfonamides is 1. The summed E-state index contributed by atoms with van der Waals surface area (Å²) in [5.74, 6) is 1.30. The van der Waals surface area contributed by atoms with Crippen LogP contribution in [-0.4, -0.2) is 59.1 Å². The SMILES string of the molecule is C=CS(=O)(=O)Nc1cccc2c(Oc3ncccc3-c3ccnc(NC4CCCN(C(=O)OC(C)(C)C)C4)n3)c(C)ccc12. The van der Waals surface area contributed by atoms with E-state index in [9.17, 15) is 13.2 Å². The third-order valence-electron chi connectivity index (χ3n) is 6.99. The van der Waals surface area contributed by atoms with Crippen LogP contribution in [0.1, 0.15) is 39.2 Å². The average Bonchev–Trinajstić information content (AvgIpc) is 2.98. The number of ether oxygens (including phenoxy) is 2. The van der Waals surface area contributed by atoms with Gasteiger partial charge in [0.25, 0.3) is 10.0 Å². The van der Waals surface area contributed by atoms with Gasteiger partial charge < -0.3 is 19.7 Å². The predicted molar refractivity (Wildman–Crippen MR) is 171 cm³/mol. The molecule has 5 rings (SSSR count). The van der Waals surface area contributed by atoms with Crippen molar-refractivity contribution in [1.29, 1.82) is 0 Å². The number of anilines is 2. The fourth-order valence-electron chi connectivity index (χ4n) is 4.97. The number of aromatic nitrogens is 3. The number of likely N-dealkylation sites (tertiary alicyclic amines) is 1. The molecule has 0 saturated carbocycles. The van der Waals surface area contributed by atoms with Gasteiger partial charge in [0, 0.05) is 47.7 Å². The fourth-order valence-corrected chi connectivity index (χ4v) is 5.54. The van der Waals surface area contributed by atoms with Crippen LogP contribution < -0.4 is 14.8 Å². The molecule has 1 aliphatic rings. The third kappa shape index (κ3) is 7.25. The Morgan fingerprint density at radius 3 is 2.66 bits per heavy atom. The van der Waals surface area contributed by atoms with Gasteiger partial charge in [0.2, 0.25) is 11.8 Å². The van der Waals surface area contributed by atoms with Crippen molar-refractivity contribution in [1.82, 2.24) is 19.9 Å². The highest BCUT2D eigenvalue weighted by Crippen LogP contribution is 2.39. The Balaban J connectivity index is 1.40. The molecule has 2 aromatic heterocycles. The Bertz CT molecular complexity index is 1800. The molecule has 230 valence electrons. The molecule has 2 aromatic carbocycles. The Hall–Kier alpha value is -4.71. The minimum absolute atomic E-state index is 0.0396. The zero-order valence-corrected chi connectivity index (χ0v) is 26.0. The molecule has 1 amide bonds. The first kappa shape index (κ1) is 30.7.